The first-order valence-corrected chi connectivity index (χ1v) is 8.47. The predicted molar refractivity (Wildman–Crippen MR) is 99.0 cm³/mol. The van der Waals surface area contributed by atoms with E-state index < -0.39 is 0 Å². The highest BCUT2D eigenvalue weighted by Crippen LogP contribution is 2.30. The molecule has 2 aromatic carbocycles. The maximum atomic E-state index is 13.5. The molecule has 0 radical (unpaired) electrons. The Morgan fingerprint density at radius 3 is 2.72 bits per heavy atom. The average molecular weight is 365 g/mol. The molecule has 6 heteroatoms. The Morgan fingerprint density at radius 2 is 2.00 bits per heavy atom. The molecule has 0 aromatic heterocycles. The largest absolute Gasteiger partial charge is 0.495 e. The topological polar surface area (TPSA) is 50.4 Å². The number of carbonyl (C=O) groups is 1. The van der Waals surface area contributed by atoms with Gasteiger partial charge in [0.2, 0.25) is 5.91 Å². The van der Waals surface area contributed by atoms with Crippen LogP contribution in [0.2, 0.25) is 5.02 Å². The lowest BCUT2D eigenvalue weighted by Crippen LogP contribution is -2.24. The maximum Gasteiger partial charge on any atom is 0.225 e. The Kier molecular flexibility index (Phi) is 7.22. The van der Waals surface area contributed by atoms with Gasteiger partial charge in [0.1, 0.15) is 11.6 Å². The second-order valence-corrected chi connectivity index (χ2v) is 6.10. The summed E-state index contributed by atoms with van der Waals surface area (Å²) in [6, 6.07) is 10.2. The molecule has 2 aromatic rings. The number of benzene rings is 2. The zero-order valence-electron chi connectivity index (χ0n) is 14.4. The van der Waals surface area contributed by atoms with E-state index in [1.165, 1.54) is 13.2 Å². The molecule has 0 saturated heterocycles. The number of hydrogen-bond donors (Lipinski definition) is 2. The lowest BCUT2D eigenvalue weighted by atomic mass is 10.1. The van der Waals surface area contributed by atoms with Crippen LogP contribution in [-0.4, -0.2) is 26.1 Å². The zero-order valence-corrected chi connectivity index (χ0v) is 15.1. The summed E-state index contributed by atoms with van der Waals surface area (Å²) in [5.41, 5.74) is 2.13. The van der Waals surface area contributed by atoms with E-state index in [0.717, 1.165) is 5.56 Å². The lowest BCUT2D eigenvalue weighted by Gasteiger charge is -2.12. The molecule has 0 spiro atoms. The van der Waals surface area contributed by atoms with E-state index in [1.807, 2.05) is 13.0 Å². The molecule has 25 heavy (non-hydrogen) atoms. The fourth-order valence-corrected chi connectivity index (χ4v) is 2.55. The fraction of sp³-hybridized carbons (Fsp3) is 0.316. The van der Waals surface area contributed by atoms with Crippen molar-refractivity contribution >= 4 is 23.2 Å². The van der Waals surface area contributed by atoms with Gasteiger partial charge in [-0.3, -0.25) is 4.79 Å². The van der Waals surface area contributed by atoms with E-state index in [1.54, 1.807) is 24.3 Å². The number of hydrogen-bond acceptors (Lipinski definition) is 3. The number of rotatable bonds is 8. The van der Waals surface area contributed by atoms with E-state index >= 15 is 0 Å². The highest BCUT2D eigenvalue weighted by atomic mass is 35.5. The van der Waals surface area contributed by atoms with Gasteiger partial charge in [0.15, 0.2) is 0 Å². The molecule has 0 aliphatic heterocycles. The number of methoxy groups -OCH3 is 1. The molecular weight excluding hydrogens is 343 g/mol. The minimum Gasteiger partial charge on any atom is -0.495 e. The van der Waals surface area contributed by atoms with Crippen LogP contribution in [0.25, 0.3) is 0 Å². The Morgan fingerprint density at radius 1 is 1.24 bits per heavy atom. The third-order valence-corrected chi connectivity index (χ3v) is 4.22. The molecule has 4 nitrogen and oxygen atoms in total. The van der Waals surface area contributed by atoms with Gasteiger partial charge in [-0.2, -0.15) is 0 Å². The smallest absolute Gasteiger partial charge is 0.225 e. The molecule has 2 N–H and O–H groups in total. The Hall–Kier alpha value is -2.11. The van der Waals surface area contributed by atoms with Crippen LogP contribution in [0.4, 0.5) is 10.1 Å². The van der Waals surface area contributed by atoms with Crippen LogP contribution >= 0.6 is 11.6 Å². The third-order valence-electron chi connectivity index (χ3n) is 3.81. The maximum absolute atomic E-state index is 13.5. The number of nitrogens with one attached hydrogen (secondary N) is 2. The zero-order chi connectivity index (χ0) is 18.2. The number of carbonyl (C=O) groups excluding carboxylic acids is 1. The van der Waals surface area contributed by atoms with Crippen molar-refractivity contribution in [2.45, 2.75) is 19.8 Å². The van der Waals surface area contributed by atoms with E-state index in [2.05, 4.69) is 10.6 Å². The van der Waals surface area contributed by atoms with Crippen molar-refractivity contribution < 1.29 is 13.9 Å². The molecule has 134 valence electrons. The van der Waals surface area contributed by atoms with Gasteiger partial charge in [-0.05, 0) is 43.1 Å². The van der Waals surface area contributed by atoms with Crippen molar-refractivity contribution in [3.05, 3.63) is 58.4 Å². The molecule has 0 fully saturated rings. The number of amides is 1. The number of anilines is 1. The van der Waals surface area contributed by atoms with E-state index in [9.17, 15) is 9.18 Å². The van der Waals surface area contributed by atoms with Crippen LogP contribution < -0.4 is 15.4 Å². The SMILES string of the molecule is COc1cc(Cl)c(C)cc1NC(=O)CCNCCc1ccccc1F. The minimum absolute atomic E-state index is 0.126. The van der Waals surface area contributed by atoms with Crippen LogP contribution in [0, 0.1) is 12.7 Å². The third kappa shape index (κ3) is 5.73. The summed E-state index contributed by atoms with van der Waals surface area (Å²) in [4.78, 5) is 12.1. The van der Waals surface area contributed by atoms with Gasteiger partial charge >= 0.3 is 0 Å². The van der Waals surface area contributed by atoms with Crippen LogP contribution in [-0.2, 0) is 11.2 Å². The summed E-state index contributed by atoms with van der Waals surface area (Å²) in [5, 5.41) is 6.56. The van der Waals surface area contributed by atoms with Gasteiger partial charge in [-0.1, -0.05) is 29.8 Å². The molecule has 0 aliphatic carbocycles. The average Bonchev–Trinajstić information content (AvgIpc) is 2.59. The van der Waals surface area contributed by atoms with Crippen LogP contribution in [0.1, 0.15) is 17.5 Å². The molecule has 0 aliphatic rings. The molecule has 0 bridgehead atoms. The van der Waals surface area contributed by atoms with Gasteiger partial charge < -0.3 is 15.4 Å². The first-order valence-electron chi connectivity index (χ1n) is 8.09. The lowest BCUT2D eigenvalue weighted by molar-refractivity contribution is -0.116. The minimum atomic E-state index is -0.202. The normalized spacial score (nSPS) is 10.6. The van der Waals surface area contributed by atoms with Gasteiger partial charge in [-0.15, -0.1) is 0 Å². The second kappa shape index (κ2) is 9.39. The van der Waals surface area contributed by atoms with E-state index in [4.69, 9.17) is 16.3 Å². The summed E-state index contributed by atoms with van der Waals surface area (Å²) < 4.78 is 18.7. The van der Waals surface area contributed by atoms with Crippen LogP contribution in [0.15, 0.2) is 36.4 Å². The van der Waals surface area contributed by atoms with Crippen LogP contribution in [0.3, 0.4) is 0 Å². The first-order chi connectivity index (χ1) is 12.0. The Labute approximate surface area is 152 Å². The monoisotopic (exact) mass is 364 g/mol. The standard InChI is InChI=1S/C19H22ClFN2O2/c1-13-11-17(18(25-2)12-15(13)20)23-19(24)8-10-22-9-7-14-5-3-4-6-16(14)21/h3-6,11-12,22H,7-10H2,1-2H3,(H,23,24). The van der Waals surface area contributed by atoms with Gasteiger partial charge in [0.25, 0.3) is 0 Å². The van der Waals surface area contributed by atoms with Gasteiger partial charge in [0.05, 0.1) is 12.8 Å². The molecule has 0 heterocycles. The summed E-state index contributed by atoms with van der Waals surface area (Å²) in [6.45, 7) is 2.98. The first kappa shape index (κ1) is 19.2. The summed E-state index contributed by atoms with van der Waals surface area (Å²) >= 11 is 6.05. The summed E-state index contributed by atoms with van der Waals surface area (Å²) in [5.74, 6) is 0.196. The highest BCUT2D eigenvalue weighted by molar-refractivity contribution is 6.31. The quantitative estimate of drug-likeness (QED) is 0.697. The summed E-state index contributed by atoms with van der Waals surface area (Å²) in [6.07, 6.45) is 0.889. The van der Waals surface area contributed by atoms with Gasteiger partial charge in [0, 0.05) is 24.1 Å². The predicted octanol–water partition coefficient (Wildman–Crippen LogP) is 3.96. The number of ether oxygens (including phenoxy) is 1. The molecule has 0 atom stereocenters. The fourth-order valence-electron chi connectivity index (χ4n) is 2.39. The van der Waals surface area contributed by atoms with Crippen LogP contribution in [0.5, 0.6) is 5.75 Å². The number of halogens is 2. The van der Waals surface area contributed by atoms with Crippen molar-refractivity contribution in [1.82, 2.24) is 5.32 Å². The number of aryl methyl sites for hydroxylation is 1. The van der Waals surface area contributed by atoms with Gasteiger partial charge in [-0.25, -0.2) is 4.39 Å². The van der Waals surface area contributed by atoms with Crippen molar-refractivity contribution in [2.24, 2.45) is 0 Å². The molecule has 1 amide bonds. The molecule has 0 unspecified atom stereocenters. The molecule has 0 saturated carbocycles. The summed E-state index contributed by atoms with van der Waals surface area (Å²) in [7, 11) is 1.53. The second-order valence-electron chi connectivity index (χ2n) is 5.69. The van der Waals surface area contributed by atoms with Crippen molar-refractivity contribution in [3.63, 3.8) is 0 Å². The Balaban J connectivity index is 1.76. The molecule has 2 rings (SSSR count). The molecular formula is C19H22ClFN2O2. The Bertz CT molecular complexity index is 737. The van der Waals surface area contributed by atoms with Crippen molar-refractivity contribution in [1.29, 1.82) is 0 Å². The highest BCUT2D eigenvalue weighted by Gasteiger charge is 2.10. The van der Waals surface area contributed by atoms with Crippen molar-refractivity contribution in [2.75, 3.05) is 25.5 Å². The van der Waals surface area contributed by atoms with Crippen molar-refractivity contribution in [3.8, 4) is 5.75 Å². The van der Waals surface area contributed by atoms with E-state index in [-0.39, 0.29) is 11.7 Å². The van der Waals surface area contributed by atoms with E-state index in [0.29, 0.717) is 48.0 Å².